The number of hydrogen-bond donors (Lipinski definition) is 0. The van der Waals surface area contributed by atoms with Crippen LogP contribution in [0, 0.1) is 6.92 Å². The Morgan fingerprint density at radius 3 is 2.64 bits per heavy atom. The van der Waals surface area contributed by atoms with Gasteiger partial charge in [-0.15, -0.1) is 5.10 Å². The quantitative estimate of drug-likeness (QED) is 0.673. The monoisotopic (exact) mass is 308 g/mol. The minimum Gasteiger partial charge on any atom is -0.187 e. The Bertz CT molecular complexity index is 765. The van der Waals surface area contributed by atoms with E-state index in [2.05, 4.69) is 52.8 Å². The fraction of sp³-hybridized carbons (Fsp3) is 0.118. The smallest absolute Gasteiger partial charge is 0.187 e. The van der Waals surface area contributed by atoms with Crippen molar-refractivity contribution in [3.63, 3.8) is 0 Å². The van der Waals surface area contributed by atoms with Crippen molar-refractivity contribution in [3.8, 4) is 5.69 Å². The number of aryl methyl sites for hydroxylation is 1. The van der Waals surface area contributed by atoms with E-state index in [0.29, 0.717) is 0 Å². The highest BCUT2D eigenvalue weighted by molar-refractivity contribution is 7.99. The maximum atomic E-state index is 4.11. The Kier molecular flexibility index (Phi) is 4.65. The lowest BCUT2D eigenvalue weighted by molar-refractivity contribution is 0.752. The molecule has 0 unspecified atom stereocenters. The lowest BCUT2D eigenvalue weighted by Gasteiger charge is -2.06. The number of benzene rings is 2. The number of aromatic nitrogens is 4. The molecule has 0 radical (unpaired) electrons. The van der Waals surface area contributed by atoms with Gasteiger partial charge in [-0.25, -0.2) is 0 Å². The summed E-state index contributed by atoms with van der Waals surface area (Å²) < 4.78 is 1.79. The van der Waals surface area contributed by atoms with Gasteiger partial charge in [0, 0.05) is 5.75 Å². The van der Waals surface area contributed by atoms with Crippen molar-refractivity contribution < 1.29 is 0 Å². The average molecular weight is 308 g/mol. The zero-order valence-electron chi connectivity index (χ0n) is 12.3. The highest BCUT2D eigenvalue weighted by Crippen LogP contribution is 2.20. The van der Waals surface area contributed by atoms with Crippen molar-refractivity contribution >= 4 is 17.8 Å². The van der Waals surface area contributed by atoms with E-state index >= 15 is 0 Å². The first kappa shape index (κ1) is 14.5. The summed E-state index contributed by atoms with van der Waals surface area (Å²) in [6, 6.07) is 18.3. The second-order valence-corrected chi connectivity index (χ2v) is 5.77. The molecular formula is C17H16N4S. The molecule has 5 heteroatoms. The van der Waals surface area contributed by atoms with Gasteiger partial charge in [0.2, 0.25) is 5.16 Å². The summed E-state index contributed by atoms with van der Waals surface area (Å²) in [6.07, 6.45) is 4.23. The predicted octanol–water partition coefficient (Wildman–Crippen LogP) is 3.78. The van der Waals surface area contributed by atoms with Crippen LogP contribution in [0.5, 0.6) is 0 Å². The van der Waals surface area contributed by atoms with Gasteiger partial charge in [0.15, 0.2) is 0 Å². The molecule has 4 nitrogen and oxygen atoms in total. The second kappa shape index (κ2) is 7.04. The molecule has 0 atom stereocenters. The van der Waals surface area contributed by atoms with Crippen molar-refractivity contribution in [2.75, 3.05) is 5.75 Å². The van der Waals surface area contributed by atoms with Crippen LogP contribution in [-0.4, -0.2) is 26.0 Å². The molecule has 22 heavy (non-hydrogen) atoms. The normalized spacial score (nSPS) is 11.1. The van der Waals surface area contributed by atoms with Crippen LogP contribution in [0.1, 0.15) is 11.1 Å². The van der Waals surface area contributed by atoms with E-state index in [9.17, 15) is 0 Å². The molecule has 0 aliphatic rings. The van der Waals surface area contributed by atoms with Gasteiger partial charge in [0.05, 0.1) is 5.69 Å². The van der Waals surface area contributed by atoms with Crippen molar-refractivity contribution in [3.05, 3.63) is 71.8 Å². The number of nitrogens with zero attached hydrogens (tertiary/aromatic N) is 4. The van der Waals surface area contributed by atoms with Gasteiger partial charge in [-0.1, -0.05) is 72.4 Å². The SMILES string of the molecule is Cc1ccccc1-n1nnnc1SC/C=C/c1ccccc1. The predicted molar refractivity (Wildman–Crippen MR) is 90.1 cm³/mol. The number of para-hydroxylation sites is 1. The Hall–Kier alpha value is -2.40. The van der Waals surface area contributed by atoms with E-state index in [1.807, 2.05) is 36.4 Å². The molecule has 1 aromatic heterocycles. The minimum absolute atomic E-state index is 0.798. The van der Waals surface area contributed by atoms with Gasteiger partial charge >= 0.3 is 0 Å². The highest BCUT2D eigenvalue weighted by atomic mass is 32.2. The minimum atomic E-state index is 0.798. The van der Waals surface area contributed by atoms with Crippen molar-refractivity contribution in [2.45, 2.75) is 12.1 Å². The molecule has 0 spiro atoms. The van der Waals surface area contributed by atoms with Gasteiger partial charge < -0.3 is 0 Å². The molecule has 0 aliphatic heterocycles. The van der Waals surface area contributed by atoms with Crippen LogP contribution in [0.25, 0.3) is 11.8 Å². The first-order valence-corrected chi connectivity index (χ1v) is 8.02. The van der Waals surface area contributed by atoms with Crippen LogP contribution in [0.4, 0.5) is 0 Å². The van der Waals surface area contributed by atoms with Gasteiger partial charge in [-0.3, -0.25) is 0 Å². The van der Waals surface area contributed by atoms with E-state index in [-0.39, 0.29) is 0 Å². The molecule has 0 saturated carbocycles. The molecular weight excluding hydrogens is 292 g/mol. The summed E-state index contributed by atoms with van der Waals surface area (Å²) in [4.78, 5) is 0. The Morgan fingerprint density at radius 2 is 1.82 bits per heavy atom. The number of hydrogen-bond acceptors (Lipinski definition) is 4. The Morgan fingerprint density at radius 1 is 1.05 bits per heavy atom. The van der Waals surface area contributed by atoms with E-state index < -0.39 is 0 Å². The standard InChI is InChI=1S/C17H16N4S/c1-14-8-5-6-12-16(14)21-17(18-19-20-21)22-13-7-11-15-9-3-2-4-10-15/h2-12H,13H2,1H3/b11-7+. The lowest BCUT2D eigenvalue weighted by atomic mass is 10.2. The van der Waals surface area contributed by atoms with Crippen LogP contribution >= 0.6 is 11.8 Å². The van der Waals surface area contributed by atoms with E-state index in [1.54, 1.807) is 16.4 Å². The second-order valence-electron chi connectivity index (χ2n) is 4.78. The third kappa shape index (κ3) is 3.43. The van der Waals surface area contributed by atoms with E-state index in [1.165, 1.54) is 5.56 Å². The Labute approximate surface area is 133 Å². The van der Waals surface area contributed by atoms with Crippen LogP contribution in [0.2, 0.25) is 0 Å². The van der Waals surface area contributed by atoms with Gasteiger partial charge in [-0.2, -0.15) is 4.68 Å². The Balaban J connectivity index is 1.69. The topological polar surface area (TPSA) is 43.6 Å². The third-order valence-corrected chi connectivity index (χ3v) is 4.07. The molecule has 0 bridgehead atoms. The summed E-state index contributed by atoms with van der Waals surface area (Å²) in [5, 5.41) is 12.8. The summed E-state index contributed by atoms with van der Waals surface area (Å²) in [6.45, 7) is 2.06. The molecule has 1 heterocycles. The fourth-order valence-corrected chi connectivity index (χ4v) is 2.79. The molecule has 0 aliphatic carbocycles. The summed E-state index contributed by atoms with van der Waals surface area (Å²) >= 11 is 1.62. The van der Waals surface area contributed by atoms with Crippen LogP contribution in [-0.2, 0) is 0 Å². The van der Waals surface area contributed by atoms with Gasteiger partial charge in [0.1, 0.15) is 0 Å². The maximum Gasteiger partial charge on any atom is 0.214 e. The average Bonchev–Trinajstić information content (AvgIpc) is 3.01. The van der Waals surface area contributed by atoms with Crippen molar-refractivity contribution in [1.29, 1.82) is 0 Å². The third-order valence-electron chi connectivity index (χ3n) is 3.20. The zero-order chi connectivity index (χ0) is 15.2. The first-order valence-electron chi connectivity index (χ1n) is 7.03. The lowest BCUT2D eigenvalue weighted by Crippen LogP contribution is -2.01. The largest absolute Gasteiger partial charge is 0.214 e. The highest BCUT2D eigenvalue weighted by Gasteiger charge is 2.09. The van der Waals surface area contributed by atoms with Gasteiger partial charge in [-0.05, 0) is 34.5 Å². The van der Waals surface area contributed by atoms with Gasteiger partial charge in [0.25, 0.3) is 0 Å². The van der Waals surface area contributed by atoms with Crippen molar-refractivity contribution in [1.82, 2.24) is 20.2 Å². The summed E-state index contributed by atoms with van der Waals surface area (Å²) in [7, 11) is 0. The summed E-state index contributed by atoms with van der Waals surface area (Å²) in [5.41, 5.74) is 3.36. The zero-order valence-corrected chi connectivity index (χ0v) is 13.1. The molecule has 0 amide bonds. The van der Waals surface area contributed by atoms with E-state index in [0.717, 1.165) is 22.2 Å². The number of tetrazole rings is 1. The molecule has 2 aromatic carbocycles. The molecule has 0 fully saturated rings. The number of rotatable bonds is 5. The van der Waals surface area contributed by atoms with Crippen molar-refractivity contribution in [2.24, 2.45) is 0 Å². The molecule has 3 aromatic rings. The maximum absolute atomic E-state index is 4.11. The van der Waals surface area contributed by atoms with Crippen LogP contribution < -0.4 is 0 Å². The fourth-order valence-electron chi connectivity index (χ4n) is 2.09. The first-order chi connectivity index (χ1) is 10.8. The molecule has 3 rings (SSSR count). The van der Waals surface area contributed by atoms with Crippen LogP contribution in [0.3, 0.4) is 0 Å². The molecule has 0 N–H and O–H groups in total. The molecule has 0 saturated heterocycles. The van der Waals surface area contributed by atoms with Crippen LogP contribution in [0.15, 0.2) is 65.8 Å². The summed E-state index contributed by atoms with van der Waals surface area (Å²) in [5.74, 6) is 0.821. The number of thioether (sulfide) groups is 1. The molecule has 110 valence electrons. The van der Waals surface area contributed by atoms with E-state index in [4.69, 9.17) is 0 Å².